The number of nitrogens with zero attached hydrogens (tertiary/aromatic N) is 2. The molecule has 1 aromatic heterocycles. The van der Waals surface area contributed by atoms with Crippen LogP contribution in [-0.4, -0.2) is 42.7 Å². The van der Waals surface area contributed by atoms with Gasteiger partial charge in [-0.05, 0) is 45.3 Å². The maximum absolute atomic E-state index is 5.76. The summed E-state index contributed by atoms with van der Waals surface area (Å²) in [7, 11) is 2.20. The lowest BCUT2D eigenvalue weighted by Crippen LogP contribution is -2.26. The molecule has 4 heteroatoms. The molecule has 1 atom stereocenters. The van der Waals surface area contributed by atoms with E-state index in [2.05, 4.69) is 29.2 Å². The van der Waals surface area contributed by atoms with Crippen molar-refractivity contribution < 1.29 is 4.74 Å². The zero-order valence-electron chi connectivity index (χ0n) is 12.1. The van der Waals surface area contributed by atoms with Crippen LogP contribution in [-0.2, 0) is 0 Å². The fourth-order valence-corrected chi connectivity index (χ4v) is 2.49. The first-order chi connectivity index (χ1) is 9.29. The molecule has 0 amide bonds. The first-order valence-corrected chi connectivity index (χ1v) is 7.33. The van der Waals surface area contributed by atoms with Gasteiger partial charge in [-0.2, -0.15) is 4.98 Å². The maximum atomic E-state index is 5.76. The maximum Gasteiger partial charge on any atom is 0.215 e. The van der Waals surface area contributed by atoms with E-state index in [0.29, 0.717) is 6.04 Å². The topological polar surface area (TPSA) is 37.4 Å². The number of likely N-dealkylation sites (tertiary alicyclic amines) is 1. The van der Waals surface area contributed by atoms with Crippen molar-refractivity contribution >= 4 is 5.82 Å². The van der Waals surface area contributed by atoms with Gasteiger partial charge in [0.05, 0.1) is 6.61 Å². The summed E-state index contributed by atoms with van der Waals surface area (Å²) in [4.78, 5) is 6.87. The third kappa shape index (κ3) is 4.39. The highest BCUT2D eigenvalue weighted by molar-refractivity contribution is 5.36. The predicted molar refractivity (Wildman–Crippen MR) is 78.8 cm³/mol. The standard InChI is InChI=1S/C15H25N3O/c1-3-10-16-14-7-4-8-15(17-14)19-12-9-13-6-5-11-18(13)2/h4,7-8,13H,3,5-6,9-12H2,1-2H3,(H,16,17). The van der Waals surface area contributed by atoms with E-state index in [0.717, 1.165) is 37.7 Å². The summed E-state index contributed by atoms with van der Waals surface area (Å²) in [6, 6.07) is 6.58. The number of ether oxygens (including phenoxy) is 1. The van der Waals surface area contributed by atoms with Crippen LogP contribution in [0.4, 0.5) is 5.82 Å². The fraction of sp³-hybridized carbons (Fsp3) is 0.667. The van der Waals surface area contributed by atoms with Crippen molar-refractivity contribution in [2.24, 2.45) is 0 Å². The molecular weight excluding hydrogens is 238 g/mol. The summed E-state index contributed by atoms with van der Waals surface area (Å²) in [6.45, 7) is 5.06. The molecule has 19 heavy (non-hydrogen) atoms. The number of pyridine rings is 1. The van der Waals surface area contributed by atoms with Gasteiger partial charge in [0, 0.05) is 18.7 Å². The Morgan fingerprint density at radius 1 is 1.47 bits per heavy atom. The Balaban J connectivity index is 1.75. The molecule has 1 aromatic rings. The highest BCUT2D eigenvalue weighted by atomic mass is 16.5. The summed E-state index contributed by atoms with van der Waals surface area (Å²) in [6.07, 6.45) is 4.80. The lowest BCUT2D eigenvalue weighted by atomic mass is 10.1. The van der Waals surface area contributed by atoms with Crippen LogP contribution < -0.4 is 10.1 Å². The lowest BCUT2D eigenvalue weighted by molar-refractivity contribution is 0.229. The molecular formula is C15H25N3O. The van der Waals surface area contributed by atoms with Crippen molar-refractivity contribution in [1.29, 1.82) is 0 Å². The van der Waals surface area contributed by atoms with E-state index in [4.69, 9.17) is 4.74 Å². The molecule has 1 fully saturated rings. The lowest BCUT2D eigenvalue weighted by Gasteiger charge is -2.19. The molecule has 1 unspecified atom stereocenters. The number of anilines is 1. The number of nitrogens with one attached hydrogen (secondary N) is 1. The molecule has 1 aliphatic rings. The van der Waals surface area contributed by atoms with Gasteiger partial charge in [0.2, 0.25) is 5.88 Å². The highest BCUT2D eigenvalue weighted by Crippen LogP contribution is 2.18. The van der Waals surface area contributed by atoms with E-state index in [1.165, 1.54) is 19.4 Å². The summed E-state index contributed by atoms with van der Waals surface area (Å²) < 4.78 is 5.76. The fourth-order valence-electron chi connectivity index (χ4n) is 2.49. The quantitative estimate of drug-likeness (QED) is 0.821. The van der Waals surface area contributed by atoms with Crippen molar-refractivity contribution in [3.8, 4) is 5.88 Å². The van der Waals surface area contributed by atoms with Gasteiger partial charge < -0.3 is 15.0 Å². The third-order valence-electron chi connectivity index (χ3n) is 3.65. The highest BCUT2D eigenvalue weighted by Gasteiger charge is 2.20. The Bertz CT molecular complexity index is 383. The van der Waals surface area contributed by atoms with Gasteiger partial charge in [-0.15, -0.1) is 0 Å². The molecule has 4 nitrogen and oxygen atoms in total. The smallest absolute Gasteiger partial charge is 0.215 e. The second-order valence-electron chi connectivity index (χ2n) is 5.20. The van der Waals surface area contributed by atoms with Crippen molar-refractivity contribution in [2.45, 2.75) is 38.6 Å². The van der Waals surface area contributed by atoms with Gasteiger partial charge in [-0.25, -0.2) is 0 Å². The molecule has 0 aliphatic carbocycles. The predicted octanol–water partition coefficient (Wildman–Crippen LogP) is 2.77. The first kappa shape index (κ1) is 14.1. The normalized spacial score (nSPS) is 19.6. The van der Waals surface area contributed by atoms with Crippen LogP contribution in [0.25, 0.3) is 0 Å². The molecule has 1 aliphatic heterocycles. The van der Waals surface area contributed by atoms with Crippen LogP contribution in [0.5, 0.6) is 5.88 Å². The zero-order valence-corrected chi connectivity index (χ0v) is 12.1. The Labute approximate surface area is 116 Å². The van der Waals surface area contributed by atoms with Gasteiger partial charge in [0.15, 0.2) is 0 Å². The van der Waals surface area contributed by atoms with Gasteiger partial charge in [-0.1, -0.05) is 13.0 Å². The Kier molecular flexibility index (Phi) is 5.45. The van der Waals surface area contributed by atoms with Crippen LogP contribution in [0.3, 0.4) is 0 Å². The van der Waals surface area contributed by atoms with E-state index >= 15 is 0 Å². The molecule has 0 spiro atoms. The number of rotatable bonds is 7. The molecule has 1 saturated heterocycles. The summed E-state index contributed by atoms with van der Waals surface area (Å²) >= 11 is 0. The Morgan fingerprint density at radius 2 is 2.37 bits per heavy atom. The van der Waals surface area contributed by atoms with Crippen LogP contribution in [0, 0.1) is 0 Å². The molecule has 106 valence electrons. The minimum atomic E-state index is 0.682. The van der Waals surface area contributed by atoms with Crippen molar-refractivity contribution in [2.75, 3.05) is 32.1 Å². The van der Waals surface area contributed by atoms with Crippen LogP contribution in [0.2, 0.25) is 0 Å². The van der Waals surface area contributed by atoms with E-state index in [1.54, 1.807) is 0 Å². The second kappa shape index (κ2) is 7.34. The third-order valence-corrected chi connectivity index (χ3v) is 3.65. The SMILES string of the molecule is CCCNc1cccc(OCCC2CCCN2C)n1. The van der Waals surface area contributed by atoms with Crippen LogP contribution in [0.1, 0.15) is 32.6 Å². The zero-order chi connectivity index (χ0) is 13.5. The summed E-state index contributed by atoms with van der Waals surface area (Å²) in [5, 5.41) is 3.27. The molecule has 0 bridgehead atoms. The Morgan fingerprint density at radius 3 is 3.11 bits per heavy atom. The number of aromatic nitrogens is 1. The molecule has 0 saturated carbocycles. The molecule has 2 heterocycles. The minimum Gasteiger partial charge on any atom is -0.478 e. The number of hydrogen-bond donors (Lipinski definition) is 1. The van der Waals surface area contributed by atoms with Gasteiger partial charge >= 0.3 is 0 Å². The van der Waals surface area contributed by atoms with Gasteiger partial charge in [-0.3, -0.25) is 0 Å². The molecule has 0 aromatic carbocycles. The van der Waals surface area contributed by atoms with E-state index in [9.17, 15) is 0 Å². The largest absolute Gasteiger partial charge is 0.478 e. The summed E-state index contributed by atoms with van der Waals surface area (Å²) in [5.41, 5.74) is 0. The average molecular weight is 263 g/mol. The second-order valence-corrected chi connectivity index (χ2v) is 5.20. The summed E-state index contributed by atoms with van der Waals surface area (Å²) in [5.74, 6) is 1.62. The van der Waals surface area contributed by atoms with Crippen molar-refractivity contribution in [1.82, 2.24) is 9.88 Å². The molecule has 0 radical (unpaired) electrons. The monoisotopic (exact) mass is 263 g/mol. The van der Waals surface area contributed by atoms with Gasteiger partial charge in [0.25, 0.3) is 0 Å². The molecule has 1 N–H and O–H groups in total. The average Bonchev–Trinajstić information content (AvgIpc) is 2.83. The van der Waals surface area contributed by atoms with E-state index in [1.807, 2.05) is 18.2 Å². The van der Waals surface area contributed by atoms with Crippen LogP contribution in [0.15, 0.2) is 18.2 Å². The van der Waals surface area contributed by atoms with Gasteiger partial charge in [0.1, 0.15) is 5.82 Å². The van der Waals surface area contributed by atoms with Crippen LogP contribution >= 0.6 is 0 Å². The van der Waals surface area contributed by atoms with Crippen molar-refractivity contribution in [3.63, 3.8) is 0 Å². The minimum absolute atomic E-state index is 0.682. The number of hydrogen-bond acceptors (Lipinski definition) is 4. The first-order valence-electron chi connectivity index (χ1n) is 7.33. The Hall–Kier alpha value is -1.29. The van der Waals surface area contributed by atoms with Crippen molar-refractivity contribution in [3.05, 3.63) is 18.2 Å². The van der Waals surface area contributed by atoms with E-state index < -0.39 is 0 Å². The molecule has 2 rings (SSSR count). The van der Waals surface area contributed by atoms with E-state index in [-0.39, 0.29) is 0 Å².